The number of benzene rings is 1. The van der Waals surface area contributed by atoms with Gasteiger partial charge in [-0.3, -0.25) is 4.79 Å². The first-order chi connectivity index (χ1) is 10.4. The minimum absolute atomic E-state index is 0.0450. The Morgan fingerprint density at radius 2 is 1.77 bits per heavy atom. The van der Waals surface area contributed by atoms with Gasteiger partial charge in [-0.1, -0.05) is 6.42 Å². The summed E-state index contributed by atoms with van der Waals surface area (Å²) in [4.78, 5) is 12.4. The van der Waals surface area contributed by atoms with Gasteiger partial charge < -0.3 is 0 Å². The number of hydrogen-bond donors (Lipinski definition) is 0. The number of halogens is 2. The zero-order valence-electron chi connectivity index (χ0n) is 12.1. The molecular formula is C16H18F2O3S. The van der Waals surface area contributed by atoms with Crippen molar-refractivity contribution in [2.45, 2.75) is 49.0 Å². The molecule has 2 bridgehead atoms. The molecule has 1 aromatic carbocycles. The van der Waals surface area contributed by atoms with Gasteiger partial charge in [0.25, 0.3) is 0 Å². The normalized spacial score (nSPS) is 30.0. The second kappa shape index (κ2) is 5.72. The minimum atomic E-state index is -3.11. The number of carbonyl (C=O) groups excluding carboxylic acids is 1. The van der Waals surface area contributed by atoms with E-state index in [0.29, 0.717) is 25.7 Å². The fourth-order valence-electron chi connectivity index (χ4n) is 3.68. The molecule has 0 N–H and O–H groups in total. The van der Waals surface area contributed by atoms with Gasteiger partial charge in [-0.2, -0.15) is 0 Å². The minimum Gasteiger partial charge on any atom is -0.299 e. The van der Waals surface area contributed by atoms with Crippen LogP contribution in [0.4, 0.5) is 8.78 Å². The first-order valence-electron chi connectivity index (χ1n) is 7.57. The van der Waals surface area contributed by atoms with Crippen molar-refractivity contribution < 1.29 is 22.0 Å². The Morgan fingerprint density at radius 3 is 2.41 bits per heavy atom. The van der Waals surface area contributed by atoms with Crippen molar-refractivity contribution in [3.63, 3.8) is 0 Å². The van der Waals surface area contributed by atoms with Crippen LogP contribution in [0.1, 0.15) is 37.7 Å². The van der Waals surface area contributed by atoms with Crippen molar-refractivity contribution in [2.75, 3.05) is 0 Å². The Balaban J connectivity index is 1.75. The number of fused-ring (bicyclic) bond motifs is 2. The maximum absolute atomic E-state index is 13.6. The van der Waals surface area contributed by atoms with Crippen LogP contribution in [-0.2, 0) is 21.1 Å². The smallest absolute Gasteiger partial charge is 0.156 e. The molecule has 2 saturated heterocycles. The molecule has 6 heteroatoms. The molecule has 0 saturated carbocycles. The molecule has 0 aromatic heterocycles. The number of hydrogen-bond acceptors (Lipinski definition) is 3. The lowest BCUT2D eigenvalue weighted by Crippen LogP contribution is -2.45. The Bertz CT molecular complexity index is 679. The van der Waals surface area contributed by atoms with Gasteiger partial charge in [-0.25, -0.2) is 17.2 Å². The van der Waals surface area contributed by atoms with E-state index in [-0.39, 0.29) is 23.7 Å². The van der Waals surface area contributed by atoms with Crippen LogP contribution < -0.4 is 0 Å². The number of sulfone groups is 1. The summed E-state index contributed by atoms with van der Waals surface area (Å²) in [5.74, 6) is -1.72. The summed E-state index contributed by atoms with van der Waals surface area (Å²) in [7, 11) is -3.11. The van der Waals surface area contributed by atoms with E-state index in [0.717, 1.165) is 24.6 Å². The fourth-order valence-corrected chi connectivity index (χ4v) is 6.22. The van der Waals surface area contributed by atoms with Gasteiger partial charge in [-0.05, 0) is 49.4 Å². The third-order valence-corrected chi connectivity index (χ3v) is 7.62. The molecule has 120 valence electrons. The molecule has 2 heterocycles. The summed E-state index contributed by atoms with van der Waals surface area (Å²) in [6, 6.07) is 3.06. The van der Waals surface area contributed by atoms with E-state index in [4.69, 9.17) is 0 Å². The predicted octanol–water partition coefficient (Wildman–Crippen LogP) is 2.82. The van der Waals surface area contributed by atoms with Gasteiger partial charge in [0.15, 0.2) is 9.84 Å². The van der Waals surface area contributed by atoms with E-state index < -0.39 is 32.0 Å². The van der Waals surface area contributed by atoms with Gasteiger partial charge in [0.05, 0.1) is 10.5 Å². The zero-order valence-corrected chi connectivity index (χ0v) is 12.9. The van der Waals surface area contributed by atoms with Gasteiger partial charge in [0.2, 0.25) is 0 Å². The van der Waals surface area contributed by atoms with E-state index in [1.54, 1.807) is 0 Å². The monoisotopic (exact) mass is 328 g/mol. The SMILES string of the molecule is O=C(Cc1cc(F)ccc1F)C1CC2CCCC(C1)S2(=O)=O. The van der Waals surface area contributed by atoms with Crippen molar-refractivity contribution in [1.82, 2.24) is 0 Å². The highest BCUT2D eigenvalue weighted by Crippen LogP contribution is 2.40. The zero-order chi connectivity index (χ0) is 15.9. The summed E-state index contributed by atoms with van der Waals surface area (Å²) >= 11 is 0. The molecule has 0 aliphatic carbocycles. The van der Waals surface area contributed by atoms with Gasteiger partial charge in [0.1, 0.15) is 17.4 Å². The van der Waals surface area contributed by atoms with Gasteiger partial charge in [-0.15, -0.1) is 0 Å². The molecular weight excluding hydrogens is 310 g/mol. The molecule has 3 nitrogen and oxygen atoms in total. The van der Waals surface area contributed by atoms with E-state index in [2.05, 4.69) is 0 Å². The van der Waals surface area contributed by atoms with E-state index in [9.17, 15) is 22.0 Å². The number of Topliss-reactive ketones (excluding diaryl/α,β-unsaturated/α-hetero) is 1. The lowest BCUT2D eigenvalue weighted by molar-refractivity contribution is -0.122. The Kier molecular flexibility index (Phi) is 4.05. The van der Waals surface area contributed by atoms with Crippen LogP contribution >= 0.6 is 0 Å². The van der Waals surface area contributed by atoms with Gasteiger partial charge >= 0.3 is 0 Å². The molecule has 3 rings (SSSR count). The highest BCUT2D eigenvalue weighted by Gasteiger charge is 2.45. The van der Waals surface area contributed by atoms with E-state index >= 15 is 0 Å². The van der Waals surface area contributed by atoms with Crippen LogP contribution in [0.5, 0.6) is 0 Å². The van der Waals surface area contributed by atoms with Crippen LogP contribution in [0.2, 0.25) is 0 Å². The quantitative estimate of drug-likeness (QED) is 0.857. The molecule has 2 aliphatic heterocycles. The fraction of sp³-hybridized carbons (Fsp3) is 0.562. The molecule has 2 fully saturated rings. The predicted molar refractivity (Wildman–Crippen MR) is 78.1 cm³/mol. The summed E-state index contributed by atoms with van der Waals surface area (Å²) < 4.78 is 51.2. The third kappa shape index (κ3) is 2.81. The molecule has 2 atom stereocenters. The molecule has 0 spiro atoms. The summed E-state index contributed by atoms with van der Waals surface area (Å²) in [6.45, 7) is 0. The Morgan fingerprint density at radius 1 is 1.14 bits per heavy atom. The average molecular weight is 328 g/mol. The van der Waals surface area contributed by atoms with Crippen LogP contribution in [0.15, 0.2) is 18.2 Å². The molecule has 2 aliphatic rings. The third-order valence-electron chi connectivity index (χ3n) is 4.90. The molecule has 0 radical (unpaired) electrons. The Labute approximate surface area is 128 Å². The van der Waals surface area contributed by atoms with E-state index in [1.165, 1.54) is 0 Å². The summed E-state index contributed by atoms with van der Waals surface area (Å²) in [6.07, 6.45) is 2.58. The van der Waals surface area contributed by atoms with Crippen LogP contribution in [0.3, 0.4) is 0 Å². The lowest BCUT2D eigenvalue weighted by atomic mass is 9.84. The van der Waals surface area contributed by atoms with Crippen molar-refractivity contribution in [3.05, 3.63) is 35.4 Å². The maximum Gasteiger partial charge on any atom is 0.156 e. The lowest BCUT2D eigenvalue weighted by Gasteiger charge is -2.38. The topological polar surface area (TPSA) is 51.2 Å². The summed E-state index contributed by atoms with van der Waals surface area (Å²) in [5.41, 5.74) is 0.0450. The van der Waals surface area contributed by atoms with Gasteiger partial charge in [0, 0.05) is 12.3 Å². The van der Waals surface area contributed by atoms with Crippen molar-refractivity contribution in [2.24, 2.45) is 5.92 Å². The number of carbonyl (C=O) groups is 1. The Hall–Kier alpha value is -1.30. The number of ketones is 1. The highest BCUT2D eigenvalue weighted by atomic mass is 32.2. The van der Waals surface area contributed by atoms with Crippen LogP contribution in [-0.4, -0.2) is 24.7 Å². The van der Waals surface area contributed by atoms with Crippen molar-refractivity contribution >= 4 is 15.6 Å². The highest BCUT2D eigenvalue weighted by molar-refractivity contribution is 7.92. The standard InChI is InChI=1S/C16H18F2O3S/c17-12-4-5-15(18)10(6-12)9-16(19)11-7-13-2-1-3-14(8-11)22(13,20)21/h4-6,11,13-14H,1-3,7-9H2. The first kappa shape index (κ1) is 15.6. The van der Waals surface area contributed by atoms with Crippen LogP contribution in [0, 0.1) is 17.6 Å². The maximum atomic E-state index is 13.6. The molecule has 2 unspecified atom stereocenters. The van der Waals surface area contributed by atoms with Crippen LogP contribution in [0.25, 0.3) is 0 Å². The largest absolute Gasteiger partial charge is 0.299 e. The average Bonchev–Trinajstić information content (AvgIpc) is 2.41. The first-order valence-corrected chi connectivity index (χ1v) is 9.18. The summed E-state index contributed by atoms with van der Waals surface area (Å²) in [5, 5.41) is -0.877. The number of rotatable bonds is 3. The van der Waals surface area contributed by atoms with Crippen molar-refractivity contribution in [1.29, 1.82) is 0 Å². The van der Waals surface area contributed by atoms with E-state index in [1.807, 2.05) is 0 Å². The molecule has 0 amide bonds. The second-order valence-corrected chi connectivity index (χ2v) is 8.82. The van der Waals surface area contributed by atoms with Crippen molar-refractivity contribution in [3.8, 4) is 0 Å². The molecule has 1 aromatic rings. The second-order valence-electron chi connectivity index (χ2n) is 6.31. The molecule has 22 heavy (non-hydrogen) atoms.